The second kappa shape index (κ2) is 4.08. The van der Waals surface area contributed by atoms with Crippen LogP contribution in [0.15, 0.2) is 0 Å². The van der Waals surface area contributed by atoms with Crippen LogP contribution in [0, 0.1) is 0 Å². The van der Waals surface area contributed by atoms with Crippen LogP contribution in [-0.4, -0.2) is 18.4 Å². The van der Waals surface area contributed by atoms with Crippen molar-refractivity contribution in [1.82, 2.24) is 0 Å². The monoisotopic (exact) mass is 215 g/mol. The summed E-state index contributed by atoms with van der Waals surface area (Å²) in [4.78, 5) is 9.46. The summed E-state index contributed by atoms with van der Waals surface area (Å²) in [5.74, 6) is 0. The van der Waals surface area contributed by atoms with E-state index in [9.17, 15) is 13.2 Å². The fourth-order valence-corrected chi connectivity index (χ4v) is 0.487. The Bertz CT molecular complexity index is 183. The number of rotatable bonds is 1. The largest absolute Gasteiger partial charge is 0.449 e. The molecule has 0 spiro atoms. The van der Waals surface area contributed by atoms with Crippen LogP contribution < -0.4 is 0 Å². The second-order valence-corrected chi connectivity index (χ2v) is 2.08. The van der Waals surface area contributed by atoms with Crippen LogP contribution in [0.4, 0.5) is 4.79 Å². The average molecular weight is 215 g/mol. The fraction of sp³-hybridized carbons (Fsp3) is 0. The zero-order valence-electron chi connectivity index (χ0n) is 3.74. The number of hydrogen-bond donors (Lipinski definition) is 1. The van der Waals surface area contributed by atoms with Crippen LogP contribution in [0.1, 0.15) is 0 Å². The first kappa shape index (κ1) is 11.9. The maximum Gasteiger partial charge on any atom is 0.449 e. The van der Waals surface area contributed by atoms with Crippen LogP contribution in [0.5, 0.6) is 0 Å². The predicted molar refractivity (Wildman–Crippen MR) is 23.9 cm³/mol. The van der Waals surface area contributed by atoms with Crippen LogP contribution in [0.2, 0.25) is 0 Å². The van der Waals surface area contributed by atoms with Gasteiger partial charge in [-0.2, -0.15) is 8.42 Å². The normalized spacial score (nSPS) is 9.56. The van der Waals surface area contributed by atoms with E-state index in [1.54, 1.807) is 0 Å². The molecular weight excluding hydrogens is 214 g/mol. The smallest absolute Gasteiger partial charge is 0.311 e. The van der Waals surface area contributed by atoms with E-state index in [-0.39, 0.29) is 17.1 Å². The summed E-state index contributed by atoms with van der Waals surface area (Å²) < 4.78 is 29.7. The Kier molecular flexibility index (Phi) is 5.40. The Balaban J connectivity index is 0. The molecule has 55 valence electrons. The third-order valence-corrected chi connectivity index (χ3v) is 0.701. The van der Waals surface area contributed by atoms with Crippen LogP contribution >= 0.6 is 11.6 Å². The minimum atomic E-state index is -4.70. The van der Waals surface area contributed by atoms with E-state index in [0.717, 1.165) is 0 Å². The molecule has 5 nitrogen and oxygen atoms in total. The van der Waals surface area contributed by atoms with Gasteiger partial charge in [0.15, 0.2) is 0 Å². The first-order valence-corrected chi connectivity index (χ1v) is 3.02. The molecule has 0 aromatic rings. The minimum Gasteiger partial charge on any atom is -0.311 e. The standard InChI is InChI=1S/CHClO5S.Mn/c2-1(3)7-8(4,5)6;/h(H,4,5,6);. The molecule has 0 aliphatic rings. The van der Waals surface area contributed by atoms with E-state index in [1.165, 1.54) is 0 Å². The summed E-state index contributed by atoms with van der Waals surface area (Å²) >= 11 is 4.36. The molecule has 0 bridgehead atoms. The molecule has 0 aliphatic heterocycles. The molecular formula is CHClMnO5S. The molecule has 0 rings (SSSR count). The number of hydrogen-bond acceptors (Lipinski definition) is 4. The summed E-state index contributed by atoms with van der Waals surface area (Å²) in [6.07, 6.45) is 0. The van der Waals surface area contributed by atoms with Crippen molar-refractivity contribution in [3.05, 3.63) is 0 Å². The molecule has 0 heterocycles. The van der Waals surface area contributed by atoms with Crippen molar-refractivity contribution in [2.24, 2.45) is 0 Å². The first-order valence-electron chi connectivity index (χ1n) is 1.28. The third kappa shape index (κ3) is 11.6. The Labute approximate surface area is 66.8 Å². The van der Waals surface area contributed by atoms with Gasteiger partial charge in [-0.15, -0.1) is 0 Å². The summed E-state index contributed by atoms with van der Waals surface area (Å²) in [5.41, 5.74) is -1.59. The summed E-state index contributed by atoms with van der Waals surface area (Å²) in [7, 11) is -4.70. The van der Waals surface area contributed by atoms with Gasteiger partial charge in [0.1, 0.15) is 0 Å². The van der Waals surface area contributed by atoms with E-state index in [2.05, 4.69) is 15.8 Å². The molecule has 9 heavy (non-hydrogen) atoms. The molecule has 0 saturated carbocycles. The van der Waals surface area contributed by atoms with Crippen molar-refractivity contribution in [3.63, 3.8) is 0 Å². The third-order valence-electron chi connectivity index (χ3n) is 0.171. The van der Waals surface area contributed by atoms with Gasteiger partial charge in [0, 0.05) is 28.7 Å². The van der Waals surface area contributed by atoms with Crippen molar-refractivity contribution in [3.8, 4) is 0 Å². The molecule has 0 atom stereocenters. The Morgan fingerprint density at radius 3 is 1.89 bits per heavy atom. The molecule has 0 unspecified atom stereocenters. The molecule has 8 heteroatoms. The Morgan fingerprint density at radius 1 is 1.56 bits per heavy atom. The van der Waals surface area contributed by atoms with Gasteiger partial charge in [-0.1, -0.05) is 0 Å². The fourth-order valence-electron chi connectivity index (χ4n) is 0.0828. The quantitative estimate of drug-likeness (QED) is 0.383. The topological polar surface area (TPSA) is 80.7 Å². The first-order chi connectivity index (χ1) is 3.42. The van der Waals surface area contributed by atoms with Crippen LogP contribution in [-0.2, 0) is 31.7 Å². The summed E-state index contributed by atoms with van der Waals surface area (Å²) in [6.45, 7) is 0. The molecule has 0 amide bonds. The van der Waals surface area contributed by atoms with E-state index in [1.807, 2.05) is 0 Å². The zero-order valence-corrected chi connectivity index (χ0v) is 6.50. The number of carbonyl (C=O) groups is 1. The minimum absolute atomic E-state index is 0. The Hall–Kier alpha value is 0.189. The Morgan fingerprint density at radius 2 is 1.89 bits per heavy atom. The van der Waals surface area contributed by atoms with Crippen molar-refractivity contribution in [1.29, 1.82) is 0 Å². The van der Waals surface area contributed by atoms with Gasteiger partial charge >= 0.3 is 15.8 Å². The molecule has 0 aliphatic carbocycles. The average Bonchev–Trinajstić information content (AvgIpc) is 1.21. The van der Waals surface area contributed by atoms with Crippen LogP contribution in [0.3, 0.4) is 0 Å². The van der Waals surface area contributed by atoms with Gasteiger partial charge in [0.2, 0.25) is 0 Å². The van der Waals surface area contributed by atoms with E-state index in [4.69, 9.17) is 4.55 Å². The van der Waals surface area contributed by atoms with E-state index in [0.29, 0.717) is 0 Å². The zero-order chi connectivity index (χ0) is 6.78. The van der Waals surface area contributed by atoms with Crippen molar-refractivity contribution in [2.45, 2.75) is 0 Å². The van der Waals surface area contributed by atoms with Gasteiger partial charge < -0.3 is 4.18 Å². The number of carbonyl (C=O) groups excluding carboxylic acids is 1. The van der Waals surface area contributed by atoms with Gasteiger partial charge in [0.25, 0.3) is 0 Å². The predicted octanol–water partition coefficient (Wildman–Crippen LogP) is 0.162. The van der Waals surface area contributed by atoms with Crippen molar-refractivity contribution in [2.75, 3.05) is 0 Å². The van der Waals surface area contributed by atoms with Gasteiger partial charge in [0.05, 0.1) is 0 Å². The van der Waals surface area contributed by atoms with E-state index < -0.39 is 15.8 Å². The number of halogens is 1. The molecule has 1 radical (unpaired) electrons. The second-order valence-electron chi connectivity index (χ2n) is 0.749. The summed E-state index contributed by atoms with van der Waals surface area (Å²) in [5, 5.41) is 0. The van der Waals surface area contributed by atoms with Gasteiger partial charge in [-0.25, -0.2) is 4.79 Å². The SMILES string of the molecule is O=C(Cl)OS(=O)(=O)O.[Mn]. The van der Waals surface area contributed by atoms with Gasteiger partial charge in [-0.05, 0) is 0 Å². The van der Waals surface area contributed by atoms with Crippen molar-refractivity contribution < 1.29 is 39.0 Å². The summed E-state index contributed by atoms with van der Waals surface area (Å²) in [6, 6.07) is 0. The molecule has 0 saturated heterocycles. The molecule has 0 fully saturated rings. The van der Waals surface area contributed by atoms with E-state index >= 15 is 0 Å². The maximum absolute atomic E-state index is 9.47. The maximum atomic E-state index is 9.47. The van der Waals surface area contributed by atoms with Crippen molar-refractivity contribution >= 4 is 27.4 Å². The molecule has 0 aromatic heterocycles. The molecule has 0 aromatic carbocycles. The van der Waals surface area contributed by atoms with Crippen LogP contribution in [0.25, 0.3) is 0 Å². The molecule has 1 N–H and O–H groups in total. The van der Waals surface area contributed by atoms with Gasteiger partial charge in [-0.3, -0.25) is 4.55 Å².